The summed E-state index contributed by atoms with van der Waals surface area (Å²) in [6.45, 7) is 2.36. The van der Waals surface area contributed by atoms with E-state index in [9.17, 15) is 0 Å². The Morgan fingerprint density at radius 3 is 2.90 bits per heavy atom. The van der Waals surface area contributed by atoms with Crippen molar-refractivity contribution in [2.75, 3.05) is 24.2 Å². The largest absolute Gasteiger partial charge is 0.376 e. The average Bonchev–Trinajstić information content (AvgIpc) is 2.03. The molecule has 0 aromatic heterocycles. The molecule has 3 heteroatoms. The van der Waals surface area contributed by atoms with E-state index >= 15 is 0 Å². The number of ether oxygens (including phenoxy) is 2. The molecule has 0 amide bonds. The molecule has 0 saturated carbocycles. The SMILES string of the molecule is ICCC[C@@H]1COCCO1. The van der Waals surface area contributed by atoms with E-state index in [-0.39, 0.29) is 0 Å². The maximum absolute atomic E-state index is 5.45. The Morgan fingerprint density at radius 1 is 1.40 bits per heavy atom. The molecule has 1 aliphatic heterocycles. The molecule has 0 bridgehead atoms. The van der Waals surface area contributed by atoms with Crippen LogP contribution in [0.4, 0.5) is 0 Å². The lowest BCUT2D eigenvalue weighted by Gasteiger charge is -2.22. The zero-order chi connectivity index (χ0) is 7.23. The van der Waals surface area contributed by atoms with Gasteiger partial charge in [-0.2, -0.15) is 0 Å². The second-order valence-electron chi connectivity index (χ2n) is 2.40. The zero-order valence-electron chi connectivity index (χ0n) is 6.01. The molecular formula is C7H13IO2. The highest BCUT2D eigenvalue weighted by atomic mass is 127. The molecule has 0 aromatic rings. The van der Waals surface area contributed by atoms with Gasteiger partial charge in [-0.15, -0.1) is 0 Å². The number of alkyl halides is 1. The molecule has 1 atom stereocenters. The zero-order valence-corrected chi connectivity index (χ0v) is 8.17. The normalized spacial score (nSPS) is 26.7. The smallest absolute Gasteiger partial charge is 0.0809 e. The topological polar surface area (TPSA) is 18.5 Å². The lowest BCUT2D eigenvalue weighted by molar-refractivity contribution is -0.0905. The monoisotopic (exact) mass is 256 g/mol. The number of halogens is 1. The van der Waals surface area contributed by atoms with Gasteiger partial charge >= 0.3 is 0 Å². The van der Waals surface area contributed by atoms with E-state index in [2.05, 4.69) is 22.6 Å². The molecule has 0 aromatic carbocycles. The maximum atomic E-state index is 5.45. The third kappa shape index (κ3) is 3.16. The van der Waals surface area contributed by atoms with Crippen LogP contribution >= 0.6 is 22.6 Å². The van der Waals surface area contributed by atoms with Gasteiger partial charge in [-0.3, -0.25) is 0 Å². The fourth-order valence-corrected chi connectivity index (χ4v) is 1.45. The fourth-order valence-electron chi connectivity index (χ4n) is 1.01. The minimum absolute atomic E-state index is 0.378. The summed E-state index contributed by atoms with van der Waals surface area (Å²) in [6, 6.07) is 0. The van der Waals surface area contributed by atoms with Crippen LogP contribution in [0.15, 0.2) is 0 Å². The van der Waals surface area contributed by atoms with Crippen LogP contribution in [0.3, 0.4) is 0 Å². The van der Waals surface area contributed by atoms with Crippen molar-refractivity contribution in [3.05, 3.63) is 0 Å². The molecule has 0 unspecified atom stereocenters. The van der Waals surface area contributed by atoms with Crippen molar-refractivity contribution in [3.63, 3.8) is 0 Å². The molecule has 2 nitrogen and oxygen atoms in total. The summed E-state index contributed by atoms with van der Waals surface area (Å²) in [5, 5.41) is 0. The van der Waals surface area contributed by atoms with Crippen molar-refractivity contribution in [2.45, 2.75) is 18.9 Å². The molecule has 0 aliphatic carbocycles. The second-order valence-corrected chi connectivity index (χ2v) is 3.48. The van der Waals surface area contributed by atoms with Gasteiger partial charge in [0, 0.05) is 0 Å². The van der Waals surface area contributed by atoms with E-state index < -0.39 is 0 Å². The molecule has 10 heavy (non-hydrogen) atoms. The number of rotatable bonds is 3. The van der Waals surface area contributed by atoms with Crippen LogP contribution < -0.4 is 0 Å². The van der Waals surface area contributed by atoms with Gasteiger partial charge in [-0.05, 0) is 17.3 Å². The first kappa shape index (κ1) is 8.74. The third-order valence-corrected chi connectivity index (χ3v) is 2.31. The second kappa shape index (κ2) is 5.32. The predicted octanol–water partition coefficient (Wildman–Crippen LogP) is 1.62. The van der Waals surface area contributed by atoms with Crippen LogP contribution in [-0.2, 0) is 9.47 Å². The number of hydrogen-bond donors (Lipinski definition) is 0. The molecule has 1 rings (SSSR count). The van der Waals surface area contributed by atoms with E-state index in [4.69, 9.17) is 9.47 Å². The first-order valence-corrected chi connectivity index (χ1v) is 5.21. The van der Waals surface area contributed by atoms with Gasteiger partial charge in [0.25, 0.3) is 0 Å². The maximum Gasteiger partial charge on any atom is 0.0809 e. The Balaban J connectivity index is 2.02. The molecule has 1 aliphatic rings. The first-order valence-electron chi connectivity index (χ1n) is 3.69. The first-order chi connectivity index (χ1) is 4.93. The van der Waals surface area contributed by atoms with E-state index in [0.717, 1.165) is 26.2 Å². The minimum atomic E-state index is 0.378. The molecule has 0 N–H and O–H groups in total. The van der Waals surface area contributed by atoms with Gasteiger partial charge in [-0.25, -0.2) is 0 Å². The lowest BCUT2D eigenvalue weighted by atomic mass is 10.2. The molecule has 1 saturated heterocycles. The summed E-state index contributed by atoms with van der Waals surface area (Å²) in [5.74, 6) is 0. The van der Waals surface area contributed by atoms with Crippen molar-refractivity contribution >= 4 is 22.6 Å². The van der Waals surface area contributed by atoms with Gasteiger partial charge in [0.2, 0.25) is 0 Å². The standard InChI is InChI=1S/C7H13IO2/c8-3-1-2-7-6-9-4-5-10-7/h7H,1-6H2/t7-/m1/s1. The summed E-state index contributed by atoms with van der Waals surface area (Å²) >= 11 is 2.39. The van der Waals surface area contributed by atoms with Crippen LogP contribution in [0.5, 0.6) is 0 Å². The summed E-state index contributed by atoms with van der Waals surface area (Å²) in [5.41, 5.74) is 0. The van der Waals surface area contributed by atoms with Crippen LogP contribution in [0.1, 0.15) is 12.8 Å². The third-order valence-electron chi connectivity index (χ3n) is 1.54. The van der Waals surface area contributed by atoms with E-state index in [1.165, 1.54) is 10.8 Å². The van der Waals surface area contributed by atoms with E-state index in [0.29, 0.717) is 6.10 Å². The van der Waals surface area contributed by atoms with Crippen LogP contribution in [0, 0.1) is 0 Å². The average molecular weight is 256 g/mol. The molecule has 60 valence electrons. The van der Waals surface area contributed by atoms with Crippen molar-refractivity contribution < 1.29 is 9.47 Å². The van der Waals surface area contributed by atoms with Crippen LogP contribution in [0.25, 0.3) is 0 Å². The van der Waals surface area contributed by atoms with Gasteiger partial charge in [-0.1, -0.05) is 22.6 Å². The van der Waals surface area contributed by atoms with Gasteiger partial charge < -0.3 is 9.47 Å². The Labute approximate surface area is 75.4 Å². The van der Waals surface area contributed by atoms with Crippen molar-refractivity contribution in [1.82, 2.24) is 0 Å². The summed E-state index contributed by atoms with van der Waals surface area (Å²) < 4.78 is 11.9. The molecule has 0 spiro atoms. The number of hydrogen-bond acceptors (Lipinski definition) is 2. The fraction of sp³-hybridized carbons (Fsp3) is 1.00. The van der Waals surface area contributed by atoms with Crippen LogP contribution in [-0.4, -0.2) is 30.4 Å². The summed E-state index contributed by atoms with van der Waals surface area (Å²) in [4.78, 5) is 0. The van der Waals surface area contributed by atoms with Crippen molar-refractivity contribution in [1.29, 1.82) is 0 Å². The van der Waals surface area contributed by atoms with Gasteiger partial charge in [0.1, 0.15) is 0 Å². The van der Waals surface area contributed by atoms with Crippen molar-refractivity contribution in [3.8, 4) is 0 Å². The summed E-state index contributed by atoms with van der Waals surface area (Å²) in [6.07, 6.45) is 2.78. The Kier molecular flexibility index (Phi) is 4.65. The summed E-state index contributed by atoms with van der Waals surface area (Å²) in [7, 11) is 0. The molecular weight excluding hydrogens is 243 g/mol. The molecule has 1 fully saturated rings. The predicted molar refractivity (Wildman–Crippen MR) is 48.7 cm³/mol. The highest BCUT2D eigenvalue weighted by Crippen LogP contribution is 2.08. The Morgan fingerprint density at radius 2 is 2.30 bits per heavy atom. The highest BCUT2D eigenvalue weighted by molar-refractivity contribution is 14.1. The minimum Gasteiger partial charge on any atom is -0.376 e. The lowest BCUT2D eigenvalue weighted by Crippen LogP contribution is -2.28. The van der Waals surface area contributed by atoms with Crippen LogP contribution in [0.2, 0.25) is 0 Å². The van der Waals surface area contributed by atoms with Crippen molar-refractivity contribution in [2.24, 2.45) is 0 Å². The quantitative estimate of drug-likeness (QED) is 0.564. The molecule has 0 radical (unpaired) electrons. The highest BCUT2D eigenvalue weighted by Gasteiger charge is 2.12. The van der Waals surface area contributed by atoms with E-state index in [1.807, 2.05) is 0 Å². The van der Waals surface area contributed by atoms with Gasteiger partial charge in [0.15, 0.2) is 0 Å². The van der Waals surface area contributed by atoms with E-state index in [1.54, 1.807) is 0 Å². The molecule has 1 heterocycles. The van der Waals surface area contributed by atoms with Gasteiger partial charge in [0.05, 0.1) is 25.9 Å². The Bertz CT molecular complexity index is 81.7. The Hall–Kier alpha value is 0.650.